The van der Waals surface area contributed by atoms with E-state index in [0.29, 0.717) is 17.2 Å². The molecule has 3 aromatic rings. The van der Waals surface area contributed by atoms with E-state index in [1.807, 2.05) is 30.3 Å². The first kappa shape index (κ1) is 18.9. The number of carbonyl (C=O) groups excluding carboxylic acids is 1. The maximum atomic E-state index is 13.7. The summed E-state index contributed by atoms with van der Waals surface area (Å²) in [6.07, 6.45) is 1.66. The molecule has 0 N–H and O–H groups in total. The van der Waals surface area contributed by atoms with Crippen molar-refractivity contribution in [3.8, 4) is 11.8 Å². The molecule has 0 unspecified atom stereocenters. The maximum absolute atomic E-state index is 13.7. The second-order valence-corrected chi connectivity index (χ2v) is 5.72. The standard InChI is InChI=1S/C22H12F3NO2/c23-19-11-10-18(20(24)21(19)25)22(27)28-17-8-6-14(7-9-17)12-16(13-26)15-4-2-1-3-5-15/h1-12H/b16-12-. The summed E-state index contributed by atoms with van der Waals surface area (Å²) in [4.78, 5) is 12.0. The Morgan fingerprint density at radius 3 is 2.21 bits per heavy atom. The third-order valence-electron chi connectivity index (χ3n) is 3.86. The highest BCUT2D eigenvalue weighted by Gasteiger charge is 2.20. The van der Waals surface area contributed by atoms with E-state index in [2.05, 4.69) is 6.07 Å². The fourth-order valence-corrected chi connectivity index (χ4v) is 2.44. The first-order valence-electron chi connectivity index (χ1n) is 8.12. The van der Waals surface area contributed by atoms with Gasteiger partial charge in [0.1, 0.15) is 5.75 Å². The lowest BCUT2D eigenvalue weighted by molar-refractivity contribution is 0.0728. The Bertz CT molecular complexity index is 1090. The minimum Gasteiger partial charge on any atom is -0.423 e. The van der Waals surface area contributed by atoms with Crippen molar-refractivity contribution >= 4 is 17.6 Å². The SMILES string of the molecule is N#C/C(=C/c1ccc(OC(=O)c2ccc(F)c(F)c2F)cc1)c1ccccc1. The van der Waals surface area contributed by atoms with Gasteiger partial charge in [-0.2, -0.15) is 5.26 Å². The molecule has 0 atom stereocenters. The molecule has 0 spiro atoms. The molecule has 0 aliphatic rings. The third kappa shape index (κ3) is 4.10. The lowest BCUT2D eigenvalue weighted by atomic mass is 10.0. The predicted octanol–water partition coefficient (Wildman–Crippen LogP) is 5.39. The summed E-state index contributed by atoms with van der Waals surface area (Å²) in [7, 11) is 0. The van der Waals surface area contributed by atoms with Crippen LogP contribution in [0.15, 0.2) is 66.7 Å². The summed E-state index contributed by atoms with van der Waals surface area (Å²) >= 11 is 0. The number of nitriles is 1. The third-order valence-corrected chi connectivity index (χ3v) is 3.86. The highest BCUT2D eigenvalue weighted by Crippen LogP contribution is 2.21. The van der Waals surface area contributed by atoms with Gasteiger partial charge in [-0.1, -0.05) is 42.5 Å². The van der Waals surface area contributed by atoms with Gasteiger partial charge >= 0.3 is 5.97 Å². The molecule has 3 rings (SSSR count). The molecule has 28 heavy (non-hydrogen) atoms. The summed E-state index contributed by atoms with van der Waals surface area (Å²) in [5.41, 5.74) is 1.18. The summed E-state index contributed by atoms with van der Waals surface area (Å²) in [6, 6.07) is 18.8. The number of rotatable bonds is 4. The number of hydrogen-bond acceptors (Lipinski definition) is 3. The van der Waals surface area contributed by atoms with Crippen LogP contribution in [0.25, 0.3) is 11.6 Å². The molecule has 0 radical (unpaired) electrons. The van der Waals surface area contributed by atoms with Crippen molar-refractivity contribution in [3.05, 3.63) is 101 Å². The highest BCUT2D eigenvalue weighted by atomic mass is 19.2. The van der Waals surface area contributed by atoms with Crippen molar-refractivity contribution in [1.29, 1.82) is 5.26 Å². The molecule has 0 saturated carbocycles. The quantitative estimate of drug-likeness (QED) is 0.201. The van der Waals surface area contributed by atoms with Crippen molar-refractivity contribution in [1.82, 2.24) is 0 Å². The number of esters is 1. The van der Waals surface area contributed by atoms with Gasteiger partial charge in [-0.05, 0) is 41.5 Å². The zero-order chi connectivity index (χ0) is 20.1. The lowest BCUT2D eigenvalue weighted by Crippen LogP contribution is -2.12. The Morgan fingerprint density at radius 2 is 1.57 bits per heavy atom. The molecule has 0 amide bonds. The van der Waals surface area contributed by atoms with Gasteiger partial charge in [-0.15, -0.1) is 0 Å². The van der Waals surface area contributed by atoms with Gasteiger partial charge in [-0.3, -0.25) is 0 Å². The van der Waals surface area contributed by atoms with Crippen LogP contribution < -0.4 is 4.74 Å². The highest BCUT2D eigenvalue weighted by molar-refractivity contribution is 5.92. The van der Waals surface area contributed by atoms with Gasteiger partial charge in [0, 0.05) is 0 Å². The van der Waals surface area contributed by atoms with Crippen molar-refractivity contribution in [2.24, 2.45) is 0 Å². The van der Waals surface area contributed by atoms with E-state index in [1.165, 1.54) is 12.1 Å². The fourth-order valence-electron chi connectivity index (χ4n) is 2.44. The summed E-state index contributed by atoms with van der Waals surface area (Å²) in [5.74, 6) is -5.80. The zero-order valence-corrected chi connectivity index (χ0v) is 14.3. The Labute approximate surface area is 158 Å². The van der Waals surface area contributed by atoms with Gasteiger partial charge in [-0.25, -0.2) is 18.0 Å². The van der Waals surface area contributed by atoms with Crippen molar-refractivity contribution in [3.63, 3.8) is 0 Å². The van der Waals surface area contributed by atoms with E-state index in [0.717, 1.165) is 11.6 Å². The number of benzene rings is 3. The Balaban J connectivity index is 1.78. The van der Waals surface area contributed by atoms with Gasteiger partial charge < -0.3 is 4.74 Å². The van der Waals surface area contributed by atoms with Crippen molar-refractivity contribution in [2.75, 3.05) is 0 Å². The van der Waals surface area contributed by atoms with Crippen molar-refractivity contribution in [2.45, 2.75) is 0 Å². The molecule has 3 nitrogen and oxygen atoms in total. The zero-order valence-electron chi connectivity index (χ0n) is 14.3. The van der Waals surface area contributed by atoms with Gasteiger partial charge in [0.15, 0.2) is 17.5 Å². The van der Waals surface area contributed by atoms with E-state index in [9.17, 15) is 23.2 Å². The maximum Gasteiger partial charge on any atom is 0.346 e. The molecule has 0 aliphatic heterocycles. The van der Waals surface area contributed by atoms with Crippen LogP contribution in [0, 0.1) is 28.8 Å². The van der Waals surface area contributed by atoms with Gasteiger partial charge in [0.05, 0.1) is 17.2 Å². The van der Waals surface area contributed by atoms with E-state index in [1.54, 1.807) is 18.2 Å². The van der Waals surface area contributed by atoms with Crippen LogP contribution in [-0.4, -0.2) is 5.97 Å². The molecule has 0 aromatic heterocycles. The number of carbonyl (C=O) groups is 1. The van der Waals surface area contributed by atoms with Crippen LogP contribution in [0.1, 0.15) is 21.5 Å². The summed E-state index contributed by atoms with van der Waals surface area (Å²) in [6.45, 7) is 0. The van der Waals surface area contributed by atoms with Crippen LogP contribution in [0.2, 0.25) is 0 Å². The lowest BCUT2D eigenvalue weighted by Gasteiger charge is -2.06. The van der Waals surface area contributed by atoms with Crippen LogP contribution in [-0.2, 0) is 0 Å². The number of halogens is 3. The number of hydrogen-bond donors (Lipinski definition) is 0. The summed E-state index contributed by atoms with van der Waals surface area (Å²) in [5, 5.41) is 9.33. The van der Waals surface area contributed by atoms with E-state index >= 15 is 0 Å². The number of allylic oxidation sites excluding steroid dienone is 1. The van der Waals surface area contributed by atoms with Gasteiger partial charge in [0.2, 0.25) is 0 Å². The van der Waals surface area contributed by atoms with Crippen LogP contribution in [0.4, 0.5) is 13.2 Å². The topological polar surface area (TPSA) is 50.1 Å². The largest absolute Gasteiger partial charge is 0.423 e. The number of ether oxygens (including phenoxy) is 1. The smallest absolute Gasteiger partial charge is 0.346 e. The molecule has 3 aromatic carbocycles. The normalized spacial score (nSPS) is 11.0. The average molecular weight is 379 g/mol. The van der Waals surface area contributed by atoms with Crippen LogP contribution in [0.3, 0.4) is 0 Å². The second-order valence-electron chi connectivity index (χ2n) is 5.72. The van der Waals surface area contributed by atoms with Crippen LogP contribution >= 0.6 is 0 Å². The predicted molar refractivity (Wildman–Crippen MR) is 97.6 cm³/mol. The van der Waals surface area contributed by atoms with E-state index < -0.39 is 29.0 Å². The second kappa shape index (κ2) is 8.23. The molecule has 0 fully saturated rings. The molecular weight excluding hydrogens is 367 g/mol. The molecule has 0 aliphatic carbocycles. The first-order chi connectivity index (χ1) is 13.5. The molecule has 138 valence electrons. The van der Waals surface area contributed by atoms with Crippen LogP contribution in [0.5, 0.6) is 5.75 Å². The molecular formula is C22H12F3NO2. The molecule has 0 bridgehead atoms. The summed E-state index contributed by atoms with van der Waals surface area (Å²) < 4.78 is 44.9. The van der Waals surface area contributed by atoms with E-state index in [-0.39, 0.29) is 5.75 Å². The Hall–Kier alpha value is -3.85. The Kier molecular flexibility index (Phi) is 5.56. The van der Waals surface area contributed by atoms with E-state index in [4.69, 9.17) is 4.74 Å². The average Bonchev–Trinajstić information content (AvgIpc) is 2.72. The molecule has 6 heteroatoms. The fraction of sp³-hybridized carbons (Fsp3) is 0. The monoisotopic (exact) mass is 379 g/mol. The molecule has 0 saturated heterocycles. The van der Waals surface area contributed by atoms with Crippen molar-refractivity contribution < 1.29 is 22.7 Å². The first-order valence-corrected chi connectivity index (χ1v) is 8.12. The molecule has 0 heterocycles. The minimum absolute atomic E-state index is 0.0875. The number of nitrogens with zero attached hydrogens (tertiary/aromatic N) is 1. The Morgan fingerprint density at radius 1 is 0.893 bits per heavy atom. The minimum atomic E-state index is -1.74. The van der Waals surface area contributed by atoms with Gasteiger partial charge in [0.25, 0.3) is 0 Å².